The highest BCUT2D eigenvalue weighted by molar-refractivity contribution is 5.95. The van der Waals surface area contributed by atoms with Crippen molar-refractivity contribution in [1.29, 1.82) is 0 Å². The number of nitrogens with zero attached hydrogens (tertiary/aromatic N) is 2. The number of halogens is 6. The first-order chi connectivity index (χ1) is 16.3. The summed E-state index contributed by atoms with van der Waals surface area (Å²) < 4.78 is 79.9. The van der Waals surface area contributed by atoms with E-state index in [1.54, 1.807) is 0 Å². The number of hydrogen-bond donors (Lipinski definition) is 0. The summed E-state index contributed by atoms with van der Waals surface area (Å²) in [5.41, 5.74) is -0.702. The lowest BCUT2D eigenvalue weighted by atomic mass is 9.97. The molecular formula is C25H26F6N2O2. The van der Waals surface area contributed by atoms with Crippen LogP contribution in [0.3, 0.4) is 0 Å². The van der Waals surface area contributed by atoms with E-state index in [1.165, 1.54) is 4.90 Å². The minimum atomic E-state index is -5.04. The fourth-order valence-electron chi connectivity index (χ4n) is 4.25. The van der Waals surface area contributed by atoms with E-state index in [-0.39, 0.29) is 19.0 Å². The Kier molecular flexibility index (Phi) is 7.93. The van der Waals surface area contributed by atoms with Gasteiger partial charge >= 0.3 is 12.4 Å². The number of carbonyl (C=O) groups excluding carboxylic acids is 2. The average molecular weight is 500 g/mol. The second-order valence-corrected chi connectivity index (χ2v) is 8.83. The minimum absolute atomic E-state index is 0.0146. The Morgan fingerprint density at radius 3 is 2.11 bits per heavy atom. The molecule has 0 saturated carbocycles. The molecule has 3 rings (SSSR count). The van der Waals surface area contributed by atoms with Gasteiger partial charge in [-0.05, 0) is 55.2 Å². The molecule has 0 unspecified atom stereocenters. The van der Waals surface area contributed by atoms with Crippen LogP contribution in [0.25, 0.3) is 0 Å². The van der Waals surface area contributed by atoms with Crippen LogP contribution in [0.4, 0.5) is 26.3 Å². The summed E-state index contributed by atoms with van der Waals surface area (Å²) in [7, 11) is 0. The second kappa shape index (κ2) is 10.4. The molecule has 1 amide bonds. The van der Waals surface area contributed by atoms with Gasteiger partial charge in [0.05, 0.1) is 11.1 Å². The maximum absolute atomic E-state index is 13.3. The van der Waals surface area contributed by atoms with E-state index in [4.69, 9.17) is 0 Å². The van der Waals surface area contributed by atoms with Crippen LogP contribution < -0.4 is 0 Å². The number of piperazine rings is 1. The predicted octanol–water partition coefficient (Wildman–Crippen LogP) is 5.30. The summed E-state index contributed by atoms with van der Waals surface area (Å²) in [6, 6.07) is 6.24. The normalized spacial score (nSPS) is 17.5. The smallest absolute Gasteiger partial charge is 0.333 e. The molecule has 1 heterocycles. The number of hydrogen-bond acceptors (Lipinski definition) is 3. The Balaban J connectivity index is 1.97. The van der Waals surface area contributed by atoms with Gasteiger partial charge < -0.3 is 9.69 Å². The molecule has 1 aliphatic rings. The number of rotatable bonds is 6. The van der Waals surface area contributed by atoms with Crippen molar-refractivity contribution in [1.82, 2.24) is 9.80 Å². The second-order valence-electron chi connectivity index (χ2n) is 8.83. The van der Waals surface area contributed by atoms with E-state index in [9.17, 15) is 35.9 Å². The molecule has 0 aliphatic carbocycles. The number of aryl methyl sites for hydroxylation is 2. The standard InChI is InChI=1S/C25H26F6N2O2/c1-16-4-5-18(10-17(16)2)11-22-15-32(6-3-9-34)7-8-33(22)23(35)19-12-20(24(26,27)28)14-21(13-19)25(29,30)31/h4-5,9-10,12-14,22H,3,6-8,11,15H2,1-2H3/t22-/m1/s1. The van der Waals surface area contributed by atoms with Gasteiger partial charge in [0, 0.05) is 44.2 Å². The van der Waals surface area contributed by atoms with Crippen molar-refractivity contribution in [2.45, 2.75) is 45.1 Å². The van der Waals surface area contributed by atoms with Gasteiger partial charge in [-0.25, -0.2) is 0 Å². The summed E-state index contributed by atoms with van der Waals surface area (Å²) >= 11 is 0. The van der Waals surface area contributed by atoms with Crippen LogP contribution in [0.2, 0.25) is 0 Å². The lowest BCUT2D eigenvalue weighted by molar-refractivity contribution is -0.143. The SMILES string of the molecule is Cc1ccc(C[C@@H]2CN(CCC=O)CCN2C(=O)c2cc(C(F)(F)F)cc(C(F)(F)F)c2)cc1C. The maximum Gasteiger partial charge on any atom is 0.416 e. The monoisotopic (exact) mass is 500 g/mol. The van der Waals surface area contributed by atoms with Crippen molar-refractivity contribution in [3.63, 3.8) is 0 Å². The zero-order chi connectivity index (χ0) is 26.0. The molecule has 190 valence electrons. The molecule has 4 nitrogen and oxygen atoms in total. The first-order valence-electron chi connectivity index (χ1n) is 11.1. The Morgan fingerprint density at radius 1 is 0.943 bits per heavy atom. The zero-order valence-electron chi connectivity index (χ0n) is 19.3. The van der Waals surface area contributed by atoms with E-state index in [0.717, 1.165) is 23.0 Å². The summed E-state index contributed by atoms with van der Waals surface area (Å²) in [6.45, 7) is 5.15. The van der Waals surface area contributed by atoms with Crippen LogP contribution in [0.1, 0.15) is 44.6 Å². The minimum Gasteiger partial charge on any atom is -0.333 e. The lowest BCUT2D eigenvalue weighted by Crippen LogP contribution is -2.56. The molecule has 1 aliphatic heterocycles. The van der Waals surface area contributed by atoms with Gasteiger partial charge in [-0.15, -0.1) is 0 Å². The van der Waals surface area contributed by atoms with Crippen molar-refractivity contribution in [2.75, 3.05) is 26.2 Å². The molecule has 1 atom stereocenters. The fraction of sp³-hybridized carbons (Fsp3) is 0.440. The molecule has 0 radical (unpaired) electrons. The third kappa shape index (κ3) is 6.62. The highest BCUT2D eigenvalue weighted by atomic mass is 19.4. The molecule has 2 aromatic rings. The quantitative estimate of drug-likeness (QED) is 0.399. The molecule has 0 aromatic heterocycles. The summed E-state index contributed by atoms with van der Waals surface area (Å²) in [5, 5.41) is 0. The Hall–Kier alpha value is -2.88. The molecule has 0 bridgehead atoms. The van der Waals surface area contributed by atoms with Gasteiger partial charge in [-0.2, -0.15) is 26.3 Å². The van der Waals surface area contributed by atoms with Crippen LogP contribution in [0.5, 0.6) is 0 Å². The molecule has 1 saturated heterocycles. The molecule has 0 N–H and O–H groups in total. The summed E-state index contributed by atoms with van der Waals surface area (Å²) in [5.74, 6) is -0.884. The van der Waals surface area contributed by atoms with Gasteiger partial charge in [0.15, 0.2) is 0 Å². The van der Waals surface area contributed by atoms with Crippen LogP contribution >= 0.6 is 0 Å². The highest BCUT2D eigenvalue weighted by Gasteiger charge is 2.39. The van der Waals surface area contributed by atoms with E-state index in [1.807, 2.05) is 36.9 Å². The van der Waals surface area contributed by atoms with Crippen molar-refractivity contribution in [3.05, 3.63) is 69.8 Å². The number of aldehydes is 1. The number of carbonyl (C=O) groups is 2. The summed E-state index contributed by atoms with van der Waals surface area (Å²) in [6.07, 6.45) is -8.65. The Morgan fingerprint density at radius 2 is 1.57 bits per heavy atom. The third-order valence-electron chi connectivity index (χ3n) is 6.27. The van der Waals surface area contributed by atoms with Gasteiger partial charge in [0.25, 0.3) is 5.91 Å². The molecule has 35 heavy (non-hydrogen) atoms. The van der Waals surface area contributed by atoms with Crippen LogP contribution in [0.15, 0.2) is 36.4 Å². The molecule has 10 heteroatoms. The van der Waals surface area contributed by atoms with E-state index >= 15 is 0 Å². The molecule has 1 fully saturated rings. The van der Waals surface area contributed by atoms with E-state index < -0.39 is 41.0 Å². The van der Waals surface area contributed by atoms with Crippen molar-refractivity contribution in [2.24, 2.45) is 0 Å². The molecule has 2 aromatic carbocycles. The van der Waals surface area contributed by atoms with E-state index in [0.29, 0.717) is 38.2 Å². The topological polar surface area (TPSA) is 40.6 Å². The fourth-order valence-corrected chi connectivity index (χ4v) is 4.25. The van der Waals surface area contributed by atoms with Gasteiger partial charge in [0.2, 0.25) is 0 Å². The number of alkyl halides is 6. The van der Waals surface area contributed by atoms with Gasteiger partial charge in [0.1, 0.15) is 6.29 Å². The van der Waals surface area contributed by atoms with Gasteiger partial charge in [-0.3, -0.25) is 9.69 Å². The number of amides is 1. The Bertz CT molecular complexity index is 1050. The van der Waals surface area contributed by atoms with Crippen LogP contribution in [-0.4, -0.2) is 54.2 Å². The Labute approximate surface area is 199 Å². The molecule has 0 spiro atoms. The highest BCUT2D eigenvalue weighted by Crippen LogP contribution is 2.37. The van der Waals surface area contributed by atoms with E-state index in [2.05, 4.69) is 0 Å². The summed E-state index contributed by atoms with van der Waals surface area (Å²) in [4.78, 5) is 27.4. The zero-order valence-corrected chi connectivity index (χ0v) is 19.3. The first-order valence-corrected chi connectivity index (χ1v) is 11.1. The average Bonchev–Trinajstić information content (AvgIpc) is 2.78. The van der Waals surface area contributed by atoms with Crippen molar-refractivity contribution in [3.8, 4) is 0 Å². The van der Waals surface area contributed by atoms with Crippen LogP contribution in [-0.2, 0) is 23.6 Å². The molecular weight excluding hydrogens is 474 g/mol. The third-order valence-corrected chi connectivity index (χ3v) is 6.27. The largest absolute Gasteiger partial charge is 0.416 e. The van der Waals surface area contributed by atoms with Crippen LogP contribution in [0, 0.1) is 13.8 Å². The van der Waals surface area contributed by atoms with Crippen molar-refractivity contribution < 1.29 is 35.9 Å². The first kappa shape index (κ1) is 26.7. The predicted molar refractivity (Wildman–Crippen MR) is 118 cm³/mol. The lowest BCUT2D eigenvalue weighted by Gasteiger charge is -2.41. The van der Waals surface area contributed by atoms with Crippen molar-refractivity contribution >= 4 is 12.2 Å². The van der Waals surface area contributed by atoms with Gasteiger partial charge in [-0.1, -0.05) is 18.2 Å². The maximum atomic E-state index is 13.3. The number of benzene rings is 2.